The lowest BCUT2D eigenvalue weighted by molar-refractivity contribution is -0.117. The molecule has 3 amide bonds. The van der Waals surface area contributed by atoms with Crippen molar-refractivity contribution in [3.63, 3.8) is 0 Å². The highest BCUT2D eigenvalue weighted by Gasteiger charge is 2.30. The number of para-hydroxylation sites is 1. The highest BCUT2D eigenvalue weighted by Crippen LogP contribution is 2.24. The van der Waals surface area contributed by atoms with Gasteiger partial charge in [0.2, 0.25) is 5.91 Å². The SMILES string of the molecule is O=C(NC[C@H]1CC(=O)N(c2ccccc2)C1)Nc1ccc(Cl)cc1. The first kappa shape index (κ1) is 16.3. The molecule has 1 heterocycles. The molecule has 1 atom stereocenters. The summed E-state index contributed by atoms with van der Waals surface area (Å²) in [5.74, 6) is 0.194. The number of carbonyl (C=O) groups is 2. The number of hydrogen-bond donors (Lipinski definition) is 2. The predicted molar refractivity (Wildman–Crippen MR) is 95.4 cm³/mol. The summed E-state index contributed by atoms with van der Waals surface area (Å²) in [6, 6.07) is 16.2. The summed E-state index contributed by atoms with van der Waals surface area (Å²) in [5, 5.41) is 6.18. The van der Waals surface area contributed by atoms with E-state index in [0.717, 1.165) is 5.69 Å². The number of rotatable bonds is 4. The van der Waals surface area contributed by atoms with E-state index in [1.807, 2.05) is 30.3 Å². The summed E-state index contributed by atoms with van der Waals surface area (Å²) in [6.45, 7) is 1.07. The summed E-state index contributed by atoms with van der Waals surface area (Å²) >= 11 is 5.81. The second-order valence-electron chi connectivity index (χ2n) is 5.75. The van der Waals surface area contributed by atoms with Gasteiger partial charge >= 0.3 is 6.03 Å². The maximum atomic E-state index is 12.1. The molecule has 0 bridgehead atoms. The molecule has 3 rings (SSSR count). The van der Waals surface area contributed by atoms with Crippen molar-refractivity contribution in [1.29, 1.82) is 0 Å². The van der Waals surface area contributed by atoms with E-state index in [4.69, 9.17) is 11.6 Å². The molecule has 1 fully saturated rings. The zero-order chi connectivity index (χ0) is 16.9. The summed E-state index contributed by atoms with van der Waals surface area (Å²) < 4.78 is 0. The minimum Gasteiger partial charge on any atom is -0.338 e. The normalized spacial score (nSPS) is 17.0. The van der Waals surface area contributed by atoms with E-state index >= 15 is 0 Å². The highest BCUT2D eigenvalue weighted by molar-refractivity contribution is 6.30. The number of benzene rings is 2. The number of nitrogens with one attached hydrogen (secondary N) is 2. The minimum atomic E-state index is -0.289. The van der Waals surface area contributed by atoms with Crippen molar-refractivity contribution in [1.82, 2.24) is 5.32 Å². The molecule has 0 radical (unpaired) electrons. The third-order valence-electron chi connectivity index (χ3n) is 3.93. The topological polar surface area (TPSA) is 61.4 Å². The standard InChI is InChI=1S/C18H18ClN3O2/c19-14-6-8-15(9-7-14)21-18(24)20-11-13-10-17(23)22(12-13)16-4-2-1-3-5-16/h1-9,13H,10-12H2,(H2,20,21,24)/t13-/m1/s1. The van der Waals surface area contributed by atoms with Crippen molar-refractivity contribution in [3.05, 3.63) is 59.6 Å². The Morgan fingerprint density at radius 3 is 2.54 bits per heavy atom. The lowest BCUT2D eigenvalue weighted by Gasteiger charge is -2.17. The summed E-state index contributed by atoms with van der Waals surface area (Å²) in [6.07, 6.45) is 0.441. The second kappa shape index (κ2) is 7.36. The van der Waals surface area contributed by atoms with Gasteiger partial charge < -0.3 is 15.5 Å². The number of nitrogens with zero attached hydrogens (tertiary/aromatic N) is 1. The third kappa shape index (κ3) is 4.06. The van der Waals surface area contributed by atoms with Crippen LogP contribution in [0.25, 0.3) is 0 Å². The molecule has 0 aromatic heterocycles. The van der Waals surface area contributed by atoms with E-state index < -0.39 is 0 Å². The van der Waals surface area contributed by atoms with Crippen LogP contribution in [-0.4, -0.2) is 25.0 Å². The second-order valence-corrected chi connectivity index (χ2v) is 6.19. The summed E-state index contributed by atoms with van der Waals surface area (Å²) in [4.78, 5) is 25.8. The Balaban J connectivity index is 1.49. The van der Waals surface area contributed by atoms with E-state index in [0.29, 0.717) is 30.2 Å². The van der Waals surface area contributed by atoms with Crippen molar-refractivity contribution in [3.8, 4) is 0 Å². The summed E-state index contributed by atoms with van der Waals surface area (Å²) in [5.41, 5.74) is 1.57. The number of halogens is 1. The number of carbonyl (C=O) groups excluding carboxylic acids is 2. The van der Waals surface area contributed by atoms with Gasteiger partial charge in [-0.05, 0) is 36.4 Å². The number of anilines is 2. The molecule has 0 unspecified atom stereocenters. The van der Waals surface area contributed by atoms with Gasteiger partial charge in [0, 0.05) is 41.8 Å². The van der Waals surface area contributed by atoms with Crippen LogP contribution in [-0.2, 0) is 4.79 Å². The lowest BCUT2D eigenvalue weighted by atomic mass is 10.1. The maximum Gasteiger partial charge on any atom is 0.319 e. The van der Waals surface area contributed by atoms with E-state index in [-0.39, 0.29) is 17.9 Å². The first-order chi connectivity index (χ1) is 11.6. The number of amides is 3. The Bertz CT molecular complexity index is 719. The molecule has 6 heteroatoms. The molecule has 1 aliphatic heterocycles. The quantitative estimate of drug-likeness (QED) is 0.892. The minimum absolute atomic E-state index is 0.0890. The van der Waals surface area contributed by atoms with Gasteiger partial charge in [0.1, 0.15) is 0 Å². The van der Waals surface area contributed by atoms with Gasteiger partial charge in [-0.2, -0.15) is 0 Å². The van der Waals surface area contributed by atoms with Crippen molar-refractivity contribution in [2.75, 3.05) is 23.3 Å². The Morgan fingerprint density at radius 1 is 1.12 bits per heavy atom. The van der Waals surface area contributed by atoms with Crippen LogP contribution in [0.4, 0.5) is 16.2 Å². The van der Waals surface area contributed by atoms with E-state index in [9.17, 15) is 9.59 Å². The van der Waals surface area contributed by atoms with Crippen LogP contribution in [0.3, 0.4) is 0 Å². The highest BCUT2D eigenvalue weighted by atomic mass is 35.5. The lowest BCUT2D eigenvalue weighted by Crippen LogP contribution is -2.34. The van der Waals surface area contributed by atoms with Crippen LogP contribution < -0.4 is 15.5 Å². The molecular formula is C18H18ClN3O2. The Kier molecular flexibility index (Phi) is 5.01. The average Bonchev–Trinajstić information content (AvgIpc) is 2.97. The Morgan fingerprint density at radius 2 is 1.83 bits per heavy atom. The average molecular weight is 344 g/mol. The molecule has 2 aromatic rings. The predicted octanol–water partition coefficient (Wildman–Crippen LogP) is 3.51. The van der Waals surface area contributed by atoms with Gasteiger partial charge in [-0.3, -0.25) is 4.79 Å². The van der Waals surface area contributed by atoms with E-state index in [1.165, 1.54) is 0 Å². The molecule has 0 aliphatic carbocycles. The van der Waals surface area contributed by atoms with Gasteiger partial charge in [0.15, 0.2) is 0 Å². The largest absolute Gasteiger partial charge is 0.338 e. The smallest absolute Gasteiger partial charge is 0.319 e. The van der Waals surface area contributed by atoms with Gasteiger partial charge in [-0.1, -0.05) is 29.8 Å². The maximum absolute atomic E-state index is 12.1. The van der Waals surface area contributed by atoms with Crippen LogP contribution in [0.15, 0.2) is 54.6 Å². The fourth-order valence-corrected chi connectivity index (χ4v) is 2.85. The molecule has 0 spiro atoms. The van der Waals surface area contributed by atoms with Crippen molar-refractivity contribution < 1.29 is 9.59 Å². The van der Waals surface area contributed by atoms with Gasteiger partial charge in [0.05, 0.1) is 0 Å². The van der Waals surface area contributed by atoms with Crippen LogP contribution in [0.5, 0.6) is 0 Å². The van der Waals surface area contributed by atoms with Gasteiger partial charge in [0.25, 0.3) is 0 Å². The van der Waals surface area contributed by atoms with Crippen LogP contribution in [0.1, 0.15) is 6.42 Å². The van der Waals surface area contributed by atoms with Gasteiger partial charge in [-0.15, -0.1) is 0 Å². The summed E-state index contributed by atoms with van der Waals surface area (Å²) in [7, 11) is 0. The van der Waals surface area contributed by atoms with Crippen LogP contribution >= 0.6 is 11.6 Å². The first-order valence-corrected chi connectivity index (χ1v) is 8.15. The molecular weight excluding hydrogens is 326 g/mol. The van der Waals surface area contributed by atoms with E-state index in [1.54, 1.807) is 29.2 Å². The molecule has 2 aromatic carbocycles. The third-order valence-corrected chi connectivity index (χ3v) is 4.18. The first-order valence-electron chi connectivity index (χ1n) is 7.77. The number of hydrogen-bond acceptors (Lipinski definition) is 2. The van der Waals surface area contributed by atoms with Crippen LogP contribution in [0, 0.1) is 5.92 Å². The fourth-order valence-electron chi connectivity index (χ4n) is 2.72. The van der Waals surface area contributed by atoms with Gasteiger partial charge in [-0.25, -0.2) is 4.79 Å². The van der Waals surface area contributed by atoms with E-state index in [2.05, 4.69) is 10.6 Å². The molecule has 124 valence electrons. The molecule has 2 N–H and O–H groups in total. The molecule has 24 heavy (non-hydrogen) atoms. The van der Waals surface area contributed by atoms with Crippen LogP contribution in [0.2, 0.25) is 5.02 Å². The van der Waals surface area contributed by atoms with Crippen molar-refractivity contribution in [2.45, 2.75) is 6.42 Å². The fraction of sp³-hybridized carbons (Fsp3) is 0.222. The zero-order valence-electron chi connectivity index (χ0n) is 13.0. The Hall–Kier alpha value is -2.53. The zero-order valence-corrected chi connectivity index (χ0v) is 13.8. The monoisotopic (exact) mass is 343 g/mol. The molecule has 1 saturated heterocycles. The molecule has 1 aliphatic rings. The molecule has 0 saturated carbocycles. The van der Waals surface area contributed by atoms with Crippen molar-refractivity contribution >= 4 is 34.9 Å². The number of urea groups is 1. The Labute approximate surface area is 145 Å². The molecule has 5 nitrogen and oxygen atoms in total. The van der Waals surface area contributed by atoms with Crippen molar-refractivity contribution in [2.24, 2.45) is 5.92 Å².